The van der Waals surface area contributed by atoms with Gasteiger partial charge in [0.2, 0.25) is 0 Å². The van der Waals surface area contributed by atoms with Crippen molar-refractivity contribution in [1.29, 1.82) is 0 Å². The molecule has 3 aromatic rings. The molecule has 0 radical (unpaired) electrons. The minimum Gasteiger partial charge on any atom is -0.507 e. The Labute approximate surface area is 193 Å². The van der Waals surface area contributed by atoms with E-state index in [9.17, 15) is 14.7 Å². The summed E-state index contributed by atoms with van der Waals surface area (Å²) in [4.78, 5) is 28.0. The van der Waals surface area contributed by atoms with Gasteiger partial charge in [0, 0.05) is 11.3 Å². The number of Topliss-reactive ketones (excluding diaryl/α,β-unsaturated/α-hetero) is 1. The van der Waals surface area contributed by atoms with Crippen molar-refractivity contribution in [1.82, 2.24) is 0 Å². The lowest BCUT2D eigenvalue weighted by Gasteiger charge is -2.26. The average Bonchev–Trinajstić information content (AvgIpc) is 3.11. The van der Waals surface area contributed by atoms with E-state index < -0.39 is 17.7 Å². The zero-order valence-corrected chi connectivity index (χ0v) is 19.3. The van der Waals surface area contributed by atoms with Gasteiger partial charge in [-0.15, -0.1) is 0 Å². The van der Waals surface area contributed by atoms with Crippen molar-refractivity contribution in [2.24, 2.45) is 0 Å². The Balaban J connectivity index is 1.92. The van der Waals surface area contributed by atoms with Gasteiger partial charge < -0.3 is 9.84 Å². The molecule has 4 rings (SSSR count). The Morgan fingerprint density at radius 3 is 2.18 bits per heavy atom. The van der Waals surface area contributed by atoms with Crippen LogP contribution >= 0.6 is 0 Å². The molecule has 1 aliphatic heterocycles. The molecule has 5 nitrogen and oxygen atoms in total. The van der Waals surface area contributed by atoms with Crippen LogP contribution in [0.4, 0.5) is 5.69 Å². The summed E-state index contributed by atoms with van der Waals surface area (Å²) in [6.45, 7) is 6.01. The fourth-order valence-electron chi connectivity index (χ4n) is 4.13. The highest BCUT2D eigenvalue weighted by Gasteiger charge is 2.47. The number of nitrogens with zero attached hydrogens (tertiary/aromatic N) is 1. The molecule has 1 heterocycles. The largest absolute Gasteiger partial charge is 0.507 e. The first-order valence-corrected chi connectivity index (χ1v) is 11.0. The van der Waals surface area contributed by atoms with Gasteiger partial charge >= 0.3 is 0 Å². The van der Waals surface area contributed by atoms with E-state index >= 15 is 0 Å². The number of amides is 1. The van der Waals surface area contributed by atoms with E-state index in [1.807, 2.05) is 63.2 Å². The molecule has 1 unspecified atom stereocenters. The first kappa shape index (κ1) is 22.3. The predicted molar refractivity (Wildman–Crippen MR) is 130 cm³/mol. The molecule has 3 aromatic carbocycles. The maximum Gasteiger partial charge on any atom is 0.300 e. The van der Waals surface area contributed by atoms with Gasteiger partial charge in [0.15, 0.2) is 0 Å². The fourth-order valence-corrected chi connectivity index (χ4v) is 4.13. The average molecular weight is 442 g/mol. The minimum atomic E-state index is -0.760. The van der Waals surface area contributed by atoms with Gasteiger partial charge in [0.05, 0.1) is 18.7 Å². The lowest BCUT2D eigenvalue weighted by atomic mass is 9.94. The van der Waals surface area contributed by atoms with Gasteiger partial charge in [-0.3, -0.25) is 14.5 Å². The number of anilines is 1. The summed E-state index contributed by atoms with van der Waals surface area (Å²) >= 11 is 0. The Morgan fingerprint density at radius 1 is 0.939 bits per heavy atom. The lowest BCUT2D eigenvalue weighted by molar-refractivity contribution is -0.132. The van der Waals surface area contributed by atoms with E-state index in [0.717, 1.165) is 23.1 Å². The minimum absolute atomic E-state index is 0.0765. The number of methoxy groups -OCH3 is 1. The molecule has 1 amide bonds. The van der Waals surface area contributed by atoms with Crippen LogP contribution in [0, 0.1) is 13.8 Å². The molecule has 1 saturated heterocycles. The quantitative estimate of drug-likeness (QED) is 0.322. The molecule has 33 heavy (non-hydrogen) atoms. The lowest BCUT2D eigenvalue weighted by Crippen LogP contribution is -2.29. The van der Waals surface area contributed by atoms with Crippen molar-refractivity contribution in [2.45, 2.75) is 33.2 Å². The molecule has 0 aromatic heterocycles. The number of aliphatic hydroxyl groups excluding tert-OH is 1. The molecule has 0 bridgehead atoms. The molecular formula is C28H27NO4. The first-order chi connectivity index (χ1) is 15.8. The number of hydrogen-bond donors (Lipinski definition) is 1. The van der Waals surface area contributed by atoms with E-state index in [1.54, 1.807) is 31.4 Å². The summed E-state index contributed by atoms with van der Waals surface area (Å²) in [6.07, 6.45) is 0.865. The van der Waals surface area contributed by atoms with Crippen LogP contribution in [0.3, 0.4) is 0 Å². The third-order valence-electron chi connectivity index (χ3n) is 6.28. The van der Waals surface area contributed by atoms with Crippen LogP contribution in [-0.2, 0) is 16.0 Å². The smallest absolute Gasteiger partial charge is 0.300 e. The summed E-state index contributed by atoms with van der Waals surface area (Å²) < 4.78 is 5.27. The van der Waals surface area contributed by atoms with Crippen molar-refractivity contribution in [2.75, 3.05) is 12.0 Å². The molecule has 0 spiro atoms. The predicted octanol–water partition coefficient (Wildman–Crippen LogP) is 5.50. The zero-order valence-electron chi connectivity index (χ0n) is 19.3. The highest BCUT2D eigenvalue weighted by molar-refractivity contribution is 6.51. The number of hydrogen-bond acceptors (Lipinski definition) is 4. The molecule has 5 heteroatoms. The fraction of sp³-hybridized carbons (Fsp3) is 0.214. The third kappa shape index (κ3) is 4.02. The zero-order chi connectivity index (χ0) is 23.7. The summed E-state index contributed by atoms with van der Waals surface area (Å²) in [5.74, 6) is -0.878. The van der Waals surface area contributed by atoms with Crippen LogP contribution in [0.1, 0.15) is 40.8 Å². The van der Waals surface area contributed by atoms with Gasteiger partial charge in [-0.2, -0.15) is 0 Å². The van der Waals surface area contributed by atoms with Gasteiger partial charge in [0.25, 0.3) is 11.7 Å². The van der Waals surface area contributed by atoms with E-state index in [2.05, 4.69) is 0 Å². The molecule has 1 N–H and O–H groups in total. The molecular weight excluding hydrogens is 414 g/mol. The number of carbonyl (C=O) groups is 2. The Morgan fingerprint density at radius 2 is 1.61 bits per heavy atom. The van der Waals surface area contributed by atoms with E-state index in [-0.39, 0.29) is 11.3 Å². The van der Waals surface area contributed by atoms with E-state index in [0.29, 0.717) is 22.6 Å². The van der Waals surface area contributed by atoms with Crippen LogP contribution < -0.4 is 9.64 Å². The summed E-state index contributed by atoms with van der Waals surface area (Å²) in [5, 5.41) is 11.2. The summed E-state index contributed by atoms with van der Waals surface area (Å²) in [5.41, 5.74) is 5.12. The van der Waals surface area contributed by atoms with Crippen LogP contribution in [0.25, 0.3) is 5.76 Å². The number of ether oxygens (including phenoxy) is 1. The number of aliphatic hydroxyl groups is 1. The molecule has 1 fully saturated rings. The summed E-state index contributed by atoms with van der Waals surface area (Å²) in [6, 6.07) is 19.5. The standard InChI is InChI=1S/C28H27NO4/c1-5-19-7-9-21(10-8-19)26(30)24-25(20-11-14-23(33-4)15-12-20)29(28(32)27(24)31)22-13-6-17(2)18(3)16-22/h6-16,25,30H,5H2,1-4H3/b26-24+. The Bertz CT molecular complexity index is 1240. The summed E-state index contributed by atoms with van der Waals surface area (Å²) in [7, 11) is 1.58. The van der Waals surface area contributed by atoms with Crippen molar-refractivity contribution in [3.63, 3.8) is 0 Å². The second kappa shape index (κ2) is 8.94. The second-order valence-corrected chi connectivity index (χ2v) is 8.26. The van der Waals surface area contributed by atoms with Crippen LogP contribution in [0.2, 0.25) is 0 Å². The number of rotatable bonds is 5. The van der Waals surface area contributed by atoms with Crippen LogP contribution in [-0.4, -0.2) is 23.9 Å². The Hall–Kier alpha value is -3.86. The van der Waals surface area contributed by atoms with E-state index in [4.69, 9.17) is 4.74 Å². The van der Waals surface area contributed by atoms with E-state index in [1.165, 1.54) is 4.90 Å². The number of ketones is 1. The highest BCUT2D eigenvalue weighted by Crippen LogP contribution is 2.42. The SMILES string of the molecule is CCc1ccc(/C(O)=C2\C(=O)C(=O)N(c3ccc(C)c(C)c3)C2c2ccc(OC)cc2)cc1. The normalized spacial score (nSPS) is 17.5. The van der Waals surface area contributed by atoms with Gasteiger partial charge in [-0.05, 0) is 66.8 Å². The number of benzene rings is 3. The number of carbonyl (C=O) groups excluding carboxylic acids is 2. The molecule has 0 saturated carbocycles. The first-order valence-electron chi connectivity index (χ1n) is 11.0. The Kier molecular flexibility index (Phi) is 6.05. The van der Waals surface area contributed by atoms with Crippen LogP contribution in [0.5, 0.6) is 5.75 Å². The third-order valence-corrected chi connectivity index (χ3v) is 6.28. The molecule has 1 aliphatic rings. The van der Waals surface area contributed by atoms with Crippen molar-refractivity contribution in [3.05, 3.63) is 100 Å². The monoisotopic (exact) mass is 441 g/mol. The van der Waals surface area contributed by atoms with Crippen molar-refractivity contribution < 1.29 is 19.4 Å². The topological polar surface area (TPSA) is 66.8 Å². The van der Waals surface area contributed by atoms with Gasteiger partial charge in [-0.25, -0.2) is 0 Å². The highest BCUT2D eigenvalue weighted by atomic mass is 16.5. The maximum atomic E-state index is 13.3. The molecule has 0 aliphatic carbocycles. The van der Waals surface area contributed by atoms with Gasteiger partial charge in [0.1, 0.15) is 11.5 Å². The second-order valence-electron chi connectivity index (χ2n) is 8.26. The van der Waals surface area contributed by atoms with Crippen LogP contribution in [0.15, 0.2) is 72.3 Å². The molecule has 1 atom stereocenters. The maximum absolute atomic E-state index is 13.3. The number of aryl methyl sites for hydroxylation is 3. The van der Waals surface area contributed by atoms with Crippen molar-refractivity contribution >= 4 is 23.1 Å². The van der Waals surface area contributed by atoms with Gasteiger partial charge in [-0.1, -0.05) is 49.4 Å². The van der Waals surface area contributed by atoms with Crippen molar-refractivity contribution in [3.8, 4) is 5.75 Å². The molecule has 168 valence electrons.